The van der Waals surface area contributed by atoms with Crippen LogP contribution in [0.3, 0.4) is 0 Å². The summed E-state index contributed by atoms with van der Waals surface area (Å²) >= 11 is 0. The highest BCUT2D eigenvalue weighted by Gasteiger charge is 2.23. The minimum Gasteiger partial charge on any atom is -0.255 e. The Morgan fingerprint density at radius 2 is 1.96 bits per heavy atom. The highest BCUT2D eigenvalue weighted by molar-refractivity contribution is 6.03. The van der Waals surface area contributed by atoms with Gasteiger partial charge in [-0.05, 0) is 18.9 Å². The molecule has 0 saturated carbocycles. The first-order chi connectivity index (χ1) is 11.3. The fraction of sp³-hybridized carbons (Fsp3) is 0.500. The lowest BCUT2D eigenvalue weighted by atomic mass is 10.0. The topological polar surface area (TPSA) is 52.2 Å². The largest absolute Gasteiger partial charge is 0.255 e. The molecule has 0 fully saturated rings. The van der Waals surface area contributed by atoms with Crippen molar-refractivity contribution in [2.45, 2.75) is 58.4 Å². The van der Waals surface area contributed by atoms with Crippen LogP contribution in [0.15, 0.2) is 35.7 Å². The number of para-hydroxylation sites is 1. The van der Waals surface area contributed by atoms with E-state index in [0.717, 1.165) is 41.2 Å². The molecule has 0 aliphatic rings. The number of benzene rings is 1. The number of aromatic nitrogens is 3. The van der Waals surface area contributed by atoms with Gasteiger partial charge in [0.15, 0.2) is 0 Å². The zero-order chi connectivity index (χ0) is 16.2. The molecular formula is C18H24N4O. The van der Waals surface area contributed by atoms with Gasteiger partial charge in [0.2, 0.25) is 0 Å². The van der Waals surface area contributed by atoms with Crippen LogP contribution in [-0.2, 0) is 0 Å². The summed E-state index contributed by atoms with van der Waals surface area (Å²) in [7, 11) is 0. The van der Waals surface area contributed by atoms with Crippen LogP contribution in [0, 0.1) is 4.91 Å². The van der Waals surface area contributed by atoms with Crippen LogP contribution < -0.4 is 0 Å². The average Bonchev–Trinajstić information content (AvgIpc) is 2.55. The molecule has 1 aromatic carbocycles. The first-order valence-electron chi connectivity index (χ1n) is 8.62. The molecular weight excluding hydrogens is 288 g/mol. The van der Waals surface area contributed by atoms with Crippen molar-refractivity contribution in [2.24, 2.45) is 5.29 Å². The van der Waals surface area contributed by atoms with Crippen molar-refractivity contribution in [1.82, 2.24) is 14.5 Å². The summed E-state index contributed by atoms with van der Waals surface area (Å²) in [4.78, 5) is 17.5. The monoisotopic (exact) mass is 312 g/mol. The van der Waals surface area contributed by atoms with Crippen molar-refractivity contribution >= 4 is 21.9 Å². The highest BCUT2D eigenvalue weighted by Crippen LogP contribution is 2.33. The molecule has 5 heteroatoms. The molecule has 23 heavy (non-hydrogen) atoms. The first-order valence-corrected chi connectivity index (χ1v) is 8.62. The summed E-state index contributed by atoms with van der Waals surface area (Å²) in [5.41, 5.74) is 2.82. The summed E-state index contributed by atoms with van der Waals surface area (Å²) in [6.45, 7) is 4.40. The third-order valence-electron chi connectivity index (χ3n) is 4.56. The van der Waals surface area contributed by atoms with Gasteiger partial charge in [0.25, 0.3) is 0 Å². The minimum atomic E-state index is 0.319. The lowest BCUT2D eigenvalue weighted by Gasteiger charge is -2.29. The molecule has 1 unspecified atom stereocenters. The maximum atomic E-state index is 11.5. The van der Waals surface area contributed by atoms with Crippen LogP contribution in [0.25, 0.3) is 21.9 Å². The number of pyridine rings is 1. The molecule has 3 rings (SSSR count). The molecule has 5 nitrogen and oxygen atoms in total. The molecule has 0 radical (unpaired) electrons. The second-order valence-electron chi connectivity index (χ2n) is 6.16. The number of fused-ring (bicyclic) bond motifs is 3. The Balaban J connectivity index is 2.05. The van der Waals surface area contributed by atoms with Gasteiger partial charge in [0, 0.05) is 5.39 Å². The average molecular weight is 312 g/mol. The molecule has 2 heterocycles. The second kappa shape index (κ2) is 6.94. The maximum absolute atomic E-state index is 11.5. The standard InChI is InChI=1S/C18H24N4O/c1-3-5-6-10-14(9-4-2)21-17-13-19-16-12-8-7-11-15(16)18(17)22(21)20-23/h7-8,11-14H,3-6,9-10H2,1-2H3. The van der Waals surface area contributed by atoms with E-state index in [-0.39, 0.29) is 0 Å². The van der Waals surface area contributed by atoms with E-state index in [0.29, 0.717) is 6.04 Å². The number of nitrogens with zero attached hydrogens (tertiary/aromatic N) is 4. The third kappa shape index (κ3) is 2.76. The smallest absolute Gasteiger partial charge is 0.123 e. The van der Waals surface area contributed by atoms with Gasteiger partial charge in [-0.25, -0.2) is 0 Å². The van der Waals surface area contributed by atoms with Crippen molar-refractivity contribution < 1.29 is 0 Å². The number of nitroso groups, excluding NO2 is 1. The van der Waals surface area contributed by atoms with E-state index in [1.54, 1.807) is 0 Å². The van der Waals surface area contributed by atoms with Crippen molar-refractivity contribution in [3.05, 3.63) is 35.4 Å². The molecule has 0 aliphatic carbocycles. The summed E-state index contributed by atoms with van der Waals surface area (Å²) < 4.78 is 2.04. The lowest BCUT2D eigenvalue weighted by molar-refractivity contribution is 0.337. The number of hydrogen-bond donors (Lipinski definition) is 0. The normalized spacial score (nSPS) is 13.0. The Kier molecular flexibility index (Phi) is 4.74. The lowest BCUT2D eigenvalue weighted by Crippen LogP contribution is -2.25. The third-order valence-corrected chi connectivity index (χ3v) is 4.56. The highest BCUT2D eigenvalue weighted by atomic mass is 16.3. The Morgan fingerprint density at radius 3 is 2.70 bits per heavy atom. The predicted molar refractivity (Wildman–Crippen MR) is 94.5 cm³/mol. The van der Waals surface area contributed by atoms with E-state index in [2.05, 4.69) is 24.1 Å². The molecule has 1 atom stereocenters. The summed E-state index contributed by atoms with van der Waals surface area (Å²) in [6, 6.07) is 8.22. The number of hydrogen-bond acceptors (Lipinski definition) is 3. The fourth-order valence-corrected chi connectivity index (χ4v) is 3.44. The first kappa shape index (κ1) is 15.7. The van der Waals surface area contributed by atoms with Crippen LogP contribution in [-0.4, -0.2) is 14.5 Å². The van der Waals surface area contributed by atoms with Gasteiger partial charge in [-0.3, -0.25) is 9.67 Å². The van der Waals surface area contributed by atoms with Crippen LogP contribution in [0.4, 0.5) is 0 Å². The van der Waals surface area contributed by atoms with Crippen molar-refractivity contribution in [2.75, 3.05) is 0 Å². The quantitative estimate of drug-likeness (QED) is 0.410. The number of unbranched alkanes of at least 4 members (excludes halogenated alkanes) is 2. The Morgan fingerprint density at radius 1 is 1.13 bits per heavy atom. The Bertz CT molecular complexity index is 802. The summed E-state index contributed by atoms with van der Waals surface area (Å²) in [6.07, 6.45) is 8.73. The van der Waals surface area contributed by atoms with Crippen LogP contribution >= 0.6 is 0 Å². The van der Waals surface area contributed by atoms with Crippen molar-refractivity contribution in [1.29, 1.82) is 0 Å². The number of rotatable bonds is 8. The van der Waals surface area contributed by atoms with Crippen molar-refractivity contribution in [3.8, 4) is 0 Å². The molecule has 0 amide bonds. The zero-order valence-corrected chi connectivity index (χ0v) is 13.9. The molecule has 2 aromatic heterocycles. The van der Waals surface area contributed by atoms with Crippen LogP contribution in [0.5, 0.6) is 0 Å². The van der Waals surface area contributed by atoms with Gasteiger partial charge < -0.3 is 0 Å². The van der Waals surface area contributed by atoms with E-state index >= 15 is 0 Å². The predicted octanol–water partition coefficient (Wildman–Crippen LogP) is 5.44. The van der Waals surface area contributed by atoms with E-state index in [9.17, 15) is 4.91 Å². The molecule has 122 valence electrons. The van der Waals surface area contributed by atoms with Gasteiger partial charge in [0.1, 0.15) is 11.0 Å². The van der Waals surface area contributed by atoms with E-state index in [1.807, 2.05) is 35.1 Å². The molecule has 0 saturated heterocycles. The van der Waals surface area contributed by atoms with E-state index in [1.165, 1.54) is 24.1 Å². The Labute approximate surface area is 136 Å². The Hall–Kier alpha value is -2.17. The fourth-order valence-electron chi connectivity index (χ4n) is 3.44. The van der Waals surface area contributed by atoms with Gasteiger partial charge in [-0.15, -0.1) is 9.70 Å². The zero-order valence-electron chi connectivity index (χ0n) is 13.9. The SMILES string of the molecule is CCCCCC(CCC)n1c2cnc3ccccc3c2n1N=O. The molecule has 0 spiro atoms. The van der Waals surface area contributed by atoms with Crippen molar-refractivity contribution in [3.63, 3.8) is 0 Å². The summed E-state index contributed by atoms with van der Waals surface area (Å²) in [5.74, 6) is 0. The maximum Gasteiger partial charge on any atom is 0.123 e. The molecule has 0 bridgehead atoms. The van der Waals surface area contributed by atoms with Gasteiger partial charge >= 0.3 is 0 Å². The minimum absolute atomic E-state index is 0.319. The van der Waals surface area contributed by atoms with E-state index < -0.39 is 0 Å². The van der Waals surface area contributed by atoms with Gasteiger partial charge in [0.05, 0.1) is 23.0 Å². The van der Waals surface area contributed by atoms with Crippen LogP contribution in [0.1, 0.15) is 58.4 Å². The van der Waals surface area contributed by atoms with Crippen LogP contribution in [0.2, 0.25) is 0 Å². The van der Waals surface area contributed by atoms with Gasteiger partial charge in [-0.1, -0.05) is 57.7 Å². The molecule has 3 aromatic rings. The second-order valence-corrected chi connectivity index (χ2v) is 6.16. The summed E-state index contributed by atoms with van der Waals surface area (Å²) in [5, 5.41) is 4.27. The molecule has 0 N–H and O–H groups in total. The van der Waals surface area contributed by atoms with Gasteiger partial charge in [-0.2, -0.15) is 0 Å². The van der Waals surface area contributed by atoms with E-state index in [4.69, 9.17) is 0 Å². The molecule has 0 aliphatic heterocycles.